The molecule has 152 valence electrons. The topological polar surface area (TPSA) is 86.4 Å². The van der Waals surface area contributed by atoms with Crippen molar-refractivity contribution in [3.63, 3.8) is 0 Å². The maximum absolute atomic E-state index is 13.0. The summed E-state index contributed by atoms with van der Waals surface area (Å²) >= 11 is 0. The van der Waals surface area contributed by atoms with Crippen molar-refractivity contribution >= 4 is 23.2 Å². The van der Waals surface area contributed by atoms with Crippen LogP contribution in [0.4, 0.5) is 24.5 Å². The molecule has 9 heteroatoms. The van der Waals surface area contributed by atoms with Crippen LogP contribution in [0.5, 0.6) is 0 Å². The molecule has 0 bridgehead atoms. The lowest BCUT2D eigenvalue weighted by Gasteiger charge is -2.21. The first-order chi connectivity index (χ1) is 13.6. The Bertz CT molecular complexity index is 921. The van der Waals surface area contributed by atoms with Crippen molar-refractivity contribution in [1.82, 2.24) is 0 Å². The summed E-state index contributed by atoms with van der Waals surface area (Å²) in [4.78, 5) is 25.1. The normalized spacial score (nSPS) is 13.1. The van der Waals surface area contributed by atoms with Crippen molar-refractivity contribution in [1.29, 1.82) is 5.26 Å². The molecule has 1 unspecified atom stereocenters. The van der Waals surface area contributed by atoms with Gasteiger partial charge in [0.15, 0.2) is 12.6 Å². The predicted octanol–water partition coefficient (Wildman–Crippen LogP) is 2.06. The monoisotopic (exact) mass is 405 g/mol. The molecule has 2 rings (SSSR count). The Morgan fingerprint density at radius 3 is 2.31 bits per heavy atom. The molecule has 2 aromatic rings. The summed E-state index contributed by atoms with van der Waals surface area (Å²) in [5.74, 6) is -1.01. The molecule has 0 spiro atoms. The number of nitrogens with one attached hydrogen (secondary N) is 3. The van der Waals surface area contributed by atoms with Crippen LogP contribution in [0.3, 0.4) is 0 Å². The van der Waals surface area contributed by atoms with E-state index in [1.54, 1.807) is 38.2 Å². The van der Waals surface area contributed by atoms with E-state index in [-0.39, 0.29) is 18.1 Å². The zero-order chi connectivity index (χ0) is 21.6. The molecule has 0 aliphatic rings. The fourth-order valence-corrected chi connectivity index (χ4v) is 2.54. The highest BCUT2D eigenvalue weighted by molar-refractivity contribution is 5.95. The molecular formula is C20H20F3N4O2+. The van der Waals surface area contributed by atoms with Gasteiger partial charge in [0.2, 0.25) is 0 Å². The lowest BCUT2D eigenvalue weighted by molar-refractivity contribution is -0.885. The fraction of sp³-hybridized carbons (Fsp3) is 0.250. The van der Waals surface area contributed by atoms with E-state index < -0.39 is 23.7 Å². The van der Waals surface area contributed by atoms with Crippen molar-refractivity contribution in [3.8, 4) is 6.07 Å². The number of halogens is 3. The molecule has 0 heterocycles. The van der Waals surface area contributed by atoms with E-state index >= 15 is 0 Å². The average molecular weight is 405 g/mol. The molecule has 0 saturated heterocycles. The number of nitrogens with zero attached hydrogens (tertiary/aromatic N) is 1. The number of rotatable bonds is 6. The molecule has 6 nitrogen and oxygen atoms in total. The van der Waals surface area contributed by atoms with Gasteiger partial charge < -0.3 is 15.5 Å². The number of anilines is 2. The van der Waals surface area contributed by atoms with Gasteiger partial charge in [0.1, 0.15) is 0 Å². The maximum Gasteiger partial charge on any atom is 0.418 e. The van der Waals surface area contributed by atoms with Crippen LogP contribution in [-0.4, -0.2) is 31.4 Å². The van der Waals surface area contributed by atoms with Gasteiger partial charge in [-0.2, -0.15) is 18.4 Å². The van der Waals surface area contributed by atoms with Gasteiger partial charge in [0.05, 0.1) is 29.9 Å². The number of hydrogen-bond acceptors (Lipinski definition) is 3. The molecule has 3 N–H and O–H groups in total. The minimum Gasteiger partial charge on any atom is -0.321 e. The highest BCUT2D eigenvalue weighted by atomic mass is 19.4. The number of quaternary nitrogens is 1. The zero-order valence-electron chi connectivity index (χ0n) is 15.8. The van der Waals surface area contributed by atoms with E-state index in [1.165, 1.54) is 18.2 Å². The van der Waals surface area contributed by atoms with Gasteiger partial charge in [0.25, 0.3) is 11.8 Å². The van der Waals surface area contributed by atoms with Crippen molar-refractivity contribution in [2.45, 2.75) is 19.1 Å². The van der Waals surface area contributed by atoms with Crippen molar-refractivity contribution in [2.24, 2.45) is 0 Å². The first-order valence-electron chi connectivity index (χ1n) is 8.71. The highest BCUT2D eigenvalue weighted by Crippen LogP contribution is 2.34. The number of para-hydroxylation sites is 1. The maximum atomic E-state index is 13.0. The number of nitriles is 1. The number of carbonyl (C=O) groups is 2. The minimum absolute atomic E-state index is 0.200. The summed E-state index contributed by atoms with van der Waals surface area (Å²) in [6.07, 6.45) is -4.59. The lowest BCUT2D eigenvalue weighted by Crippen LogP contribution is -3.14. The zero-order valence-corrected chi connectivity index (χ0v) is 15.8. The number of carbonyl (C=O) groups excluding carboxylic acids is 2. The van der Waals surface area contributed by atoms with Gasteiger partial charge in [-0.25, -0.2) is 0 Å². The van der Waals surface area contributed by atoms with E-state index in [9.17, 15) is 22.8 Å². The molecule has 0 saturated carbocycles. The predicted molar refractivity (Wildman–Crippen MR) is 101 cm³/mol. The van der Waals surface area contributed by atoms with E-state index in [0.29, 0.717) is 16.2 Å². The molecule has 0 aliphatic heterocycles. The first-order valence-corrected chi connectivity index (χ1v) is 8.71. The fourth-order valence-electron chi connectivity index (χ4n) is 2.54. The van der Waals surface area contributed by atoms with Gasteiger partial charge in [-0.05, 0) is 43.3 Å². The number of alkyl halides is 3. The smallest absolute Gasteiger partial charge is 0.321 e. The van der Waals surface area contributed by atoms with E-state index in [4.69, 9.17) is 5.26 Å². The summed E-state index contributed by atoms with van der Waals surface area (Å²) in [6.45, 7) is 1.40. The quantitative estimate of drug-likeness (QED) is 0.688. The molecule has 29 heavy (non-hydrogen) atoms. The highest BCUT2D eigenvalue weighted by Gasteiger charge is 2.34. The van der Waals surface area contributed by atoms with Crippen molar-refractivity contribution in [3.05, 3.63) is 59.7 Å². The third-order valence-electron chi connectivity index (χ3n) is 4.36. The lowest BCUT2D eigenvalue weighted by atomic mass is 10.1. The van der Waals surface area contributed by atoms with E-state index in [2.05, 4.69) is 10.6 Å². The van der Waals surface area contributed by atoms with Crippen LogP contribution in [0.2, 0.25) is 0 Å². The third kappa shape index (κ3) is 6.05. The Kier molecular flexibility index (Phi) is 6.96. The molecule has 2 aromatic carbocycles. The number of hydrogen-bond donors (Lipinski definition) is 3. The second-order valence-electron chi connectivity index (χ2n) is 6.51. The molecule has 2 atom stereocenters. The van der Waals surface area contributed by atoms with Crippen molar-refractivity contribution in [2.75, 3.05) is 24.2 Å². The number of likely N-dealkylation sites (N-methyl/N-ethyl adjacent to an activating group) is 1. The Morgan fingerprint density at radius 2 is 1.72 bits per heavy atom. The van der Waals surface area contributed by atoms with Crippen LogP contribution in [-0.2, 0) is 15.8 Å². The molecular weight excluding hydrogens is 385 g/mol. The second-order valence-corrected chi connectivity index (χ2v) is 6.51. The van der Waals surface area contributed by atoms with Gasteiger partial charge in [-0.15, -0.1) is 0 Å². The summed E-state index contributed by atoms with van der Waals surface area (Å²) in [7, 11) is 1.60. The Morgan fingerprint density at radius 1 is 1.10 bits per heavy atom. The van der Waals surface area contributed by atoms with Crippen LogP contribution in [0.15, 0.2) is 48.5 Å². The molecule has 0 aromatic heterocycles. The minimum atomic E-state index is -4.59. The summed E-state index contributed by atoms with van der Waals surface area (Å²) in [5, 5.41) is 13.7. The Balaban J connectivity index is 1.96. The SMILES string of the molecule is C[C@@H](C(=O)Nc1ccc(C#N)cc1)[NH+](C)CC(=O)Nc1ccccc1C(F)(F)F. The van der Waals surface area contributed by atoms with Crippen LogP contribution in [0, 0.1) is 11.3 Å². The Labute approximate surface area is 165 Å². The largest absolute Gasteiger partial charge is 0.418 e. The van der Waals surface area contributed by atoms with Gasteiger partial charge >= 0.3 is 6.18 Å². The molecule has 0 aliphatic carbocycles. The van der Waals surface area contributed by atoms with Crippen LogP contribution >= 0.6 is 0 Å². The Hall–Kier alpha value is -3.38. The van der Waals surface area contributed by atoms with Crippen LogP contribution < -0.4 is 15.5 Å². The van der Waals surface area contributed by atoms with Gasteiger partial charge in [0, 0.05) is 5.69 Å². The van der Waals surface area contributed by atoms with Gasteiger partial charge in [-0.3, -0.25) is 9.59 Å². The average Bonchev–Trinajstić information content (AvgIpc) is 2.67. The van der Waals surface area contributed by atoms with Crippen molar-refractivity contribution < 1.29 is 27.7 Å². The first kappa shape index (κ1) is 21.9. The molecule has 0 radical (unpaired) electrons. The number of amides is 2. The second kappa shape index (κ2) is 9.21. The van der Waals surface area contributed by atoms with Crippen LogP contribution in [0.25, 0.3) is 0 Å². The standard InChI is InChI=1S/C20H19F3N4O2/c1-13(19(29)25-15-9-7-14(11-24)8-10-15)27(2)12-18(28)26-17-6-4-3-5-16(17)20(21,22)23/h3-10,13H,12H2,1-2H3,(H,25,29)(H,26,28)/p+1/t13-/m0/s1. The van der Waals surface area contributed by atoms with Crippen LogP contribution in [0.1, 0.15) is 18.1 Å². The summed E-state index contributed by atoms with van der Waals surface area (Å²) in [5.41, 5.74) is -0.308. The van der Waals surface area contributed by atoms with Gasteiger partial charge in [-0.1, -0.05) is 12.1 Å². The molecule has 2 amide bonds. The summed E-state index contributed by atoms with van der Waals surface area (Å²) in [6, 6.07) is 12.3. The summed E-state index contributed by atoms with van der Waals surface area (Å²) < 4.78 is 39.1. The third-order valence-corrected chi connectivity index (χ3v) is 4.36. The molecule has 0 fully saturated rings. The van der Waals surface area contributed by atoms with E-state index in [0.717, 1.165) is 6.07 Å². The van der Waals surface area contributed by atoms with E-state index in [1.807, 2.05) is 6.07 Å². The number of benzene rings is 2.